The normalized spacial score (nSPS) is 13.7. The van der Waals surface area contributed by atoms with Gasteiger partial charge >= 0.3 is 0 Å². The van der Waals surface area contributed by atoms with E-state index in [1.165, 1.54) is 0 Å². The lowest BCUT2D eigenvalue weighted by atomic mass is 10.2. The van der Waals surface area contributed by atoms with Crippen LogP contribution in [0.25, 0.3) is 11.0 Å². The van der Waals surface area contributed by atoms with Gasteiger partial charge in [0.2, 0.25) is 5.91 Å². The summed E-state index contributed by atoms with van der Waals surface area (Å²) < 4.78 is 7.22. The molecule has 2 aromatic carbocycles. The molecule has 0 atom stereocenters. The summed E-state index contributed by atoms with van der Waals surface area (Å²) in [6.45, 7) is 1.21. The number of nitrogens with zero attached hydrogens (tertiary/aromatic N) is 4. The van der Waals surface area contributed by atoms with Crippen LogP contribution in [0.3, 0.4) is 0 Å². The van der Waals surface area contributed by atoms with Crippen LogP contribution in [0, 0.1) is 0 Å². The second-order valence-corrected chi connectivity index (χ2v) is 5.10. The van der Waals surface area contributed by atoms with E-state index in [1.54, 1.807) is 9.58 Å². The maximum Gasteiger partial charge on any atom is 0.249 e. The fourth-order valence-electron chi connectivity index (χ4n) is 2.68. The standard InChI is InChI=1S/C16H14N4O2/c21-16(11-20-13-6-2-1-5-12(13)17-18-20)19-9-10-22-15-8-4-3-7-14(15)19/h1-8H,9-11H2. The van der Waals surface area contributed by atoms with Crippen molar-refractivity contribution >= 4 is 22.6 Å². The summed E-state index contributed by atoms with van der Waals surface area (Å²) in [6, 6.07) is 15.2. The molecule has 0 saturated carbocycles. The molecule has 0 fully saturated rings. The fourth-order valence-corrected chi connectivity index (χ4v) is 2.68. The summed E-state index contributed by atoms with van der Waals surface area (Å²) in [5.74, 6) is 0.719. The molecular formula is C16H14N4O2. The van der Waals surface area contributed by atoms with E-state index in [0.29, 0.717) is 13.2 Å². The molecule has 0 N–H and O–H groups in total. The Morgan fingerprint density at radius 3 is 2.91 bits per heavy atom. The number of aromatic nitrogens is 3. The Morgan fingerprint density at radius 2 is 1.95 bits per heavy atom. The molecule has 1 amide bonds. The summed E-state index contributed by atoms with van der Waals surface area (Å²) in [4.78, 5) is 14.4. The molecule has 6 nitrogen and oxygen atoms in total. The highest BCUT2D eigenvalue weighted by atomic mass is 16.5. The number of anilines is 1. The molecule has 6 heteroatoms. The van der Waals surface area contributed by atoms with E-state index < -0.39 is 0 Å². The summed E-state index contributed by atoms with van der Waals surface area (Å²) in [5.41, 5.74) is 2.46. The highest BCUT2D eigenvalue weighted by molar-refractivity contribution is 5.95. The lowest BCUT2D eigenvalue weighted by Gasteiger charge is -2.29. The SMILES string of the molecule is O=C(Cn1nnc2ccccc21)N1CCOc2ccccc21. The number of para-hydroxylation sites is 3. The lowest BCUT2D eigenvalue weighted by Crippen LogP contribution is -2.40. The van der Waals surface area contributed by atoms with Gasteiger partial charge in [-0.2, -0.15) is 0 Å². The molecule has 1 aliphatic heterocycles. The van der Waals surface area contributed by atoms with Crippen LogP contribution in [0.15, 0.2) is 48.5 Å². The van der Waals surface area contributed by atoms with Crippen molar-refractivity contribution in [2.24, 2.45) is 0 Å². The number of rotatable bonds is 2. The molecule has 0 bridgehead atoms. The second kappa shape index (κ2) is 5.14. The van der Waals surface area contributed by atoms with Crippen LogP contribution in [0.4, 0.5) is 5.69 Å². The van der Waals surface area contributed by atoms with Crippen molar-refractivity contribution in [1.82, 2.24) is 15.0 Å². The minimum atomic E-state index is -0.0218. The monoisotopic (exact) mass is 294 g/mol. The predicted molar refractivity (Wildman–Crippen MR) is 81.8 cm³/mol. The Hall–Kier alpha value is -2.89. The van der Waals surface area contributed by atoms with Gasteiger partial charge in [0.05, 0.1) is 17.7 Å². The first kappa shape index (κ1) is 12.8. The first-order chi connectivity index (χ1) is 10.8. The van der Waals surface area contributed by atoms with Gasteiger partial charge in [-0.15, -0.1) is 5.10 Å². The average Bonchev–Trinajstić information content (AvgIpc) is 2.97. The van der Waals surface area contributed by atoms with E-state index in [-0.39, 0.29) is 12.5 Å². The summed E-state index contributed by atoms with van der Waals surface area (Å²) in [5, 5.41) is 8.15. The minimum absolute atomic E-state index is 0.0218. The van der Waals surface area contributed by atoms with E-state index in [9.17, 15) is 4.79 Å². The van der Waals surface area contributed by atoms with Gasteiger partial charge in [0.25, 0.3) is 0 Å². The third kappa shape index (κ3) is 2.09. The van der Waals surface area contributed by atoms with E-state index >= 15 is 0 Å². The van der Waals surface area contributed by atoms with Crippen LogP contribution >= 0.6 is 0 Å². The molecule has 2 heterocycles. The quantitative estimate of drug-likeness (QED) is 0.724. The average molecular weight is 294 g/mol. The highest BCUT2D eigenvalue weighted by Gasteiger charge is 2.24. The van der Waals surface area contributed by atoms with Gasteiger partial charge in [0.1, 0.15) is 24.4 Å². The first-order valence-electron chi connectivity index (χ1n) is 7.13. The third-order valence-electron chi connectivity index (χ3n) is 3.73. The van der Waals surface area contributed by atoms with Gasteiger partial charge in [0.15, 0.2) is 0 Å². The smallest absolute Gasteiger partial charge is 0.249 e. The van der Waals surface area contributed by atoms with Crippen molar-refractivity contribution in [3.05, 3.63) is 48.5 Å². The Labute approximate surface area is 126 Å². The molecular weight excluding hydrogens is 280 g/mol. The van der Waals surface area contributed by atoms with Crippen molar-refractivity contribution in [2.45, 2.75) is 6.54 Å². The maximum absolute atomic E-state index is 12.7. The molecule has 4 rings (SSSR count). The van der Waals surface area contributed by atoms with E-state index in [1.807, 2.05) is 48.5 Å². The van der Waals surface area contributed by atoms with Crippen LogP contribution in [0.1, 0.15) is 0 Å². The molecule has 22 heavy (non-hydrogen) atoms. The second-order valence-electron chi connectivity index (χ2n) is 5.10. The van der Waals surface area contributed by atoms with Crippen LogP contribution in [-0.4, -0.2) is 34.1 Å². The molecule has 0 saturated heterocycles. The Bertz CT molecular complexity index is 843. The van der Waals surface area contributed by atoms with Gasteiger partial charge in [-0.05, 0) is 24.3 Å². The zero-order valence-electron chi connectivity index (χ0n) is 11.8. The number of benzene rings is 2. The summed E-state index contributed by atoms with van der Waals surface area (Å²) >= 11 is 0. The van der Waals surface area contributed by atoms with Crippen molar-refractivity contribution in [3.8, 4) is 5.75 Å². The van der Waals surface area contributed by atoms with Gasteiger partial charge < -0.3 is 9.64 Å². The summed E-state index contributed by atoms with van der Waals surface area (Å²) in [7, 11) is 0. The molecule has 110 valence electrons. The Kier molecular flexibility index (Phi) is 3.00. The van der Waals surface area contributed by atoms with Crippen molar-refractivity contribution in [2.75, 3.05) is 18.1 Å². The van der Waals surface area contributed by atoms with Gasteiger partial charge in [0, 0.05) is 0 Å². The van der Waals surface area contributed by atoms with Crippen molar-refractivity contribution < 1.29 is 9.53 Å². The molecule has 1 aliphatic rings. The third-order valence-corrected chi connectivity index (χ3v) is 3.73. The number of hydrogen-bond acceptors (Lipinski definition) is 4. The number of amides is 1. The van der Waals surface area contributed by atoms with Crippen molar-refractivity contribution in [3.63, 3.8) is 0 Å². The number of ether oxygens (including phenoxy) is 1. The van der Waals surface area contributed by atoms with Crippen LogP contribution in [0.5, 0.6) is 5.75 Å². The largest absolute Gasteiger partial charge is 0.490 e. The molecule has 0 unspecified atom stereocenters. The number of hydrogen-bond donors (Lipinski definition) is 0. The Morgan fingerprint density at radius 1 is 1.14 bits per heavy atom. The minimum Gasteiger partial charge on any atom is -0.490 e. The molecule has 0 radical (unpaired) electrons. The van der Waals surface area contributed by atoms with Crippen LogP contribution in [-0.2, 0) is 11.3 Å². The van der Waals surface area contributed by atoms with Gasteiger partial charge in [-0.3, -0.25) is 4.79 Å². The van der Waals surface area contributed by atoms with E-state index in [0.717, 1.165) is 22.5 Å². The lowest BCUT2D eigenvalue weighted by molar-refractivity contribution is -0.119. The van der Waals surface area contributed by atoms with E-state index in [4.69, 9.17) is 4.74 Å². The molecule has 0 spiro atoms. The number of fused-ring (bicyclic) bond motifs is 2. The molecule has 1 aromatic heterocycles. The zero-order valence-corrected chi connectivity index (χ0v) is 11.8. The zero-order chi connectivity index (χ0) is 14.9. The highest BCUT2D eigenvalue weighted by Crippen LogP contribution is 2.31. The fraction of sp³-hybridized carbons (Fsp3) is 0.188. The summed E-state index contributed by atoms with van der Waals surface area (Å²) in [6.07, 6.45) is 0. The Balaban J connectivity index is 1.63. The first-order valence-corrected chi connectivity index (χ1v) is 7.13. The van der Waals surface area contributed by atoms with Crippen LogP contribution in [0.2, 0.25) is 0 Å². The molecule has 3 aromatic rings. The van der Waals surface area contributed by atoms with Crippen LogP contribution < -0.4 is 9.64 Å². The van der Waals surface area contributed by atoms with Crippen molar-refractivity contribution in [1.29, 1.82) is 0 Å². The van der Waals surface area contributed by atoms with E-state index in [2.05, 4.69) is 10.3 Å². The molecule has 0 aliphatic carbocycles. The van der Waals surface area contributed by atoms with Gasteiger partial charge in [-0.25, -0.2) is 4.68 Å². The topological polar surface area (TPSA) is 60.2 Å². The number of carbonyl (C=O) groups excluding carboxylic acids is 1. The predicted octanol–water partition coefficient (Wildman–Crippen LogP) is 1.86. The number of carbonyl (C=O) groups is 1. The van der Waals surface area contributed by atoms with Gasteiger partial charge in [-0.1, -0.05) is 29.5 Å². The maximum atomic E-state index is 12.7.